The van der Waals surface area contributed by atoms with E-state index in [1.165, 1.54) is 12.3 Å². The van der Waals surface area contributed by atoms with E-state index >= 15 is 0 Å². The molecule has 0 fully saturated rings. The molecule has 0 aliphatic rings. The molecule has 2 aromatic rings. The van der Waals surface area contributed by atoms with Crippen molar-refractivity contribution < 1.29 is 9.50 Å². The van der Waals surface area contributed by atoms with Crippen LogP contribution in [0.2, 0.25) is 0 Å². The lowest BCUT2D eigenvalue weighted by molar-refractivity contribution is 0.117. The normalized spacial score (nSPS) is 14.2. The van der Waals surface area contributed by atoms with Crippen LogP contribution in [0, 0.1) is 11.7 Å². The summed E-state index contributed by atoms with van der Waals surface area (Å²) in [7, 11) is 0. The van der Waals surface area contributed by atoms with Gasteiger partial charge in [-0.3, -0.25) is 4.98 Å². The molecule has 0 saturated carbocycles. The molecular weight excluding hydrogens is 229 g/mol. The van der Waals surface area contributed by atoms with Gasteiger partial charge < -0.3 is 5.11 Å². The Labute approximate surface area is 106 Å². The third-order valence-electron chi connectivity index (χ3n) is 3.00. The fourth-order valence-corrected chi connectivity index (χ4v) is 2.03. The summed E-state index contributed by atoms with van der Waals surface area (Å²) in [6, 6.07) is 11.0. The van der Waals surface area contributed by atoms with E-state index in [0.717, 1.165) is 11.1 Å². The van der Waals surface area contributed by atoms with Crippen molar-refractivity contribution in [2.75, 3.05) is 0 Å². The molecule has 3 heteroatoms. The van der Waals surface area contributed by atoms with E-state index in [1.54, 1.807) is 6.20 Å². The lowest BCUT2D eigenvalue weighted by Crippen LogP contribution is -2.12. The van der Waals surface area contributed by atoms with Gasteiger partial charge >= 0.3 is 0 Å². The summed E-state index contributed by atoms with van der Waals surface area (Å²) in [5.41, 5.74) is 1.69. The van der Waals surface area contributed by atoms with Crippen LogP contribution >= 0.6 is 0 Å². The molecule has 1 heterocycles. The van der Waals surface area contributed by atoms with E-state index in [2.05, 4.69) is 4.98 Å². The predicted molar refractivity (Wildman–Crippen MR) is 68.5 cm³/mol. The number of aliphatic hydroxyl groups excluding tert-OH is 1. The molecule has 94 valence electrons. The maximum absolute atomic E-state index is 13.0. The first-order chi connectivity index (χ1) is 8.66. The Hall–Kier alpha value is -1.74. The fraction of sp³-hybridized carbons (Fsp3) is 0.267. The van der Waals surface area contributed by atoms with Crippen molar-refractivity contribution in [2.24, 2.45) is 5.92 Å². The van der Waals surface area contributed by atoms with Crippen molar-refractivity contribution in [3.05, 3.63) is 65.7 Å². The van der Waals surface area contributed by atoms with Gasteiger partial charge in [0.1, 0.15) is 5.82 Å². The van der Waals surface area contributed by atoms with Gasteiger partial charge in [-0.15, -0.1) is 0 Å². The van der Waals surface area contributed by atoms with Gasteiger partial charge in [-0.25, -0.2) is 4.39 Å². The molecule has 0 aliphatic carbocycles. The SMILES string of the molecule is CC(Cc1cncc(F)c1)C(O)c1ccccc1. The van der Waals surface area contributed by atoms with Crippen LogP contribution in [-0.4, -0.2) is 10.1 Å². The smallest absolute Gasteiger partial charge is 0.141 e. The largest absolute Gasteiger partial charge is 0.388 e. The number of rotatable bonds is 4. The summed E-state index contributed by atoms with van der Waals surface area (Å²) in [4.78, 5) is 3.81. The molecule has 2 atom stereocenters. The monoisotopic (exact) mass is 245 g/mol. The van der Waals surface area contributed by atoms with Gasteiger partial charge in [0.25, 0.3) is 0 Å². The zero-order valence-corrected chi connectivity index (χ0v) is 10.3. The van der Waals surface area contributed by atoms with Crippen LogP contribution in [0.15, 0.2) is 48.8 Å². The van der Waals surface area contributed by atoms with Crippen molar-refractivity contribution in [3.8, 4) is 0 Å². The van der Waals surface area contributed by atoms with Gasteiger partial charge in [0.2, 0.25) is 0 Å². The van der Waals surface area contributed by atoms with Gasteiger partial charge in [-0.2, -0.15) is 0 Å². The highest BCUT2D eigenvalue weighted by atomic mass is 19.1. The summed E-state index contributed by atoms with van der Waals surface area (Å²) in [6.07, 6.45) is 2.87. The van der Waals surface area contributed by atoms with Crippen molar-refractivity contribution >= 4 is 0 Å². The number of aliphatic hydroxyl groups is 1. The zero-order chi connectivity index (χ0) is 13.0. The quantitative estimate of drug-likeness (QED) is 0.897. The standard InChI is InChI=1S/C15H16FNO/c1-11(7-12-8-14(16)10-17-9-12)15(18)13-5-3-2-4-6-13/h2-6,8-11,15,18H,7H2,1H3. The van der Waals surface area contributed by atoms with Gasteiger partial charge in [0.05, 0.1) is 12.3 Å². The van der Waals surface area contributed by atoms with Crippen LogP contribution in [0.5, 0.6) is 0 Å². The Morgan fingerprint density at radius 3 is 2.61 bits per heavy atom. The van der Waals surface area contributed by atoms with Crippen LogP contribution in [-0.2, 0) is 6.42 Å². The molecule has 2 rings (SSSR count). The summed E-state index contributed by atoms with van der Waals surface area (Å²) < 4.78 is 13.0. The summed E-state index contributed by atoms with van der Waals surface area (Å²) in [5.74, 6) is -0.329. The highest BCUT2D eigenvalue weighted by Crippen LogP contribution is 2.24. The van der Waals surface area contributed by atoms with Gasteiger partial charge in [-0.1, -0.05) is 37.3 Å². The molecule has 0 saturated heterocycles. The molecular formula is C15H16FNO. The Morgan fingerprint density at radius 1 is 1.22 bits per heavy atom. The van der Waals surface area contributed by atoms with Gasteiger partial charge in [0, 0.05) is 6.20 Å². The molecule has 1 aromatic carbocycles. The summed E-state index contributed by atoms with van der Waals surface area (Å²) in [6.45, 7) is 1.95. The van der Waals surface area contributed by atoms with Crippen LogP contribution in [0.25, 0.3) is 0 Å². The van der Waals surface area contributed by atoms with E-state index in [4.69, 9.17) is 0 Å². The van der Waals surface area contributed by atoms with E-state index in [9.17, 15) is 9.50 Å². The first kappa shape index (κ1) is 12.7. The number of pyridine rings is 1. The Morgan fingerprint density at radius 2 is 1.94 bits per heavy atom. The first-order valence-corrected chi connectivity index (χ1v) is 5.99. The maximum Gasteiger partial charge on any atom is 0.141 e. The highest BCUT2D eigenvalue weighted by molar-refractivity contribution is 5.19. The number of hydrogen-bond acceptors (Lipinski definition) is 2. The number of benzene rings is 1. The average Bonchev–Trinajstić information content (AvgIpc) is 2.39. The van der Waals surface area contributed by atoms with Crippen LogP contribution in [0.3, 0.4) is 0 Å². The molecule has 2 unspecified atom stereocenters. The second kappa shape index (κ2) is 5.74. The van der Waals surface area contributed by atoms with E-state index < -0.39 is 6.10 Å². The van der Waals surface area contributed by atoms with E-state index in [0.29, 0.717) is 6.42 Å². The highest BCUT2D eigenvalue weighted by Gasteiger charge is 2.16. The minimum absolute atomic E-state index is 0.0102. The van der Waals surface area contributed by atoms with Gasteiger partial charge in [-0.05, 0) is 29.5 Å². The number of aromatic nitrogens is 1. The Kier molecular flexibility index (Phi) is 4.05. The van der Waals surface area contributed by atoms with Gasteiger partial charge in [0.15, 0.2) is 0 Å². The molecule has 0 bridgehead atoms. The number of nitrogens with zero attached hydrogens (tertiary/aromatic N) is 1. The van der Waals surface area contributed by atoms with Crippen LogP contribution in [0.4, 0.5) is 4.39 Å². The third kappa shape index (κ3) is 3.14. The topological polar surface area (TPSA) is 33.1 Å². The minimum Gasteiger partial charge on any atom is -0.388 e. The molecule has 0 aliphatic heterocycles. The van der Waals surface area contributed by atoms with Crippen molar-refractivity contribution in [1.82, 2.24) is 4.98 Å². The lowest BCUT2D eigenvalue weighted by Gasteiger charge is -2.19. The zero-order valence-electron chi connectivity index (χ0n) is 10.3. The molecule has 0 spiro atoms. The molecule has 2 nitrogen and oxygen atoms in total. The minimum atomic E-state index is -0.547. The second-order valence-electron chi connectivity index (χ2n) is 4.55. The van der Waals surface area contributed by atoms with E-state index in [-0.39, 0.29) is 11.7 Å². The molecule has 0 radical (unpaired) electrons. The Balaban J connectivity index is 2.06. The number of halogens is 1. The fourth-order valence-electron chi connectivity index (χ4n) is 2.03. The molecule has 1 N–H and O–H groups in total. The average molecular weight is 245 g/mol. The first-order valence-electron chi connectivity index (χ1n) is 5.99. The second-order valence-corrected chi connectivity index (χ2v) is 4.55. The summed E-state index contributed by atoms with van der Waals surface area (Å²) in [5, 5.41) is 10.2. The van der Waals surface area contributed by atoms with E-state index in [1.807, 2.05) is 37.3 Å². The maximum atomic E-state index is 13.0. The predicted octanol–water partition coefficient (Wildman–Crippen LogP) is 3.13. The van der Waals surface area contributed by atoms with Crippen LogP contribution in [0.1, 0.15) is 24.2 Å². The van der Waals surface area contributed by atoms with Crippen molar-refractivity contribution in [2.45, 2.75) is 19.4 Å². The van der Waals surface area contributed by atoms with Crippen molar-refractivity contribution in [3.63, 3.8) is 0 Å². The van der Waals surface area contributed by atoms with Crippen LogP contribution < -0.4 is 0 Å². The van der Waals surface area contributed by atoms with Crippen molar-refractivity contribution in [1.29, 1.82) is 0 Å². The Bertz CT molecular complexity index is 501. The third-order valence-corrected chi connectivity index (χ3v) is 3.00. The molecule has 1 aromatic heterocycles. The number of hydrogen-bond donors (Lipinski definition) is 1. The molecule has 18 heavy (non-hydrogen) atoms. The molecule has 0 amide bonds. The summed E-state index contributed by atoms with van der Waals surface area (Å²) >= 11 is 0. The lowest BCUT2D eigenvalue weighted by atomic mass is 9.92.